The normalized spacial score (nSPS) is 17.6. The van der Waals surface area contributed by atoms with E-state index in [1.54, 1.807) is 0 Å². The molecule has 148 valence electrons. The lowest BCUT2D eigenvalue weighted by atomic mass is 9.70. The van der Waals surface area contributed by atoms with Gasteiger partial charge in [0.1, 0.15) is 5.75 Å². The summed E-state index contributed by atoms with van der Waals surface area (Å²) in [5.74, 6) is 0.306. The molecule has 0 saturated carbocycles. The molecule has 1 aliphatic carbocycles. The monoisotopic (exact) mass is 436 g/mol. The van der Waals surface area contributed by atoms with Crippen LogP contribution in [0.15, 0.2) is 22.4 Å². The van der Waals surface area contributed by atoms with Crippen molar-refractivity contribution in [3.8, 4) is 5.75 Å². The van der Waals surface area contributed by atoms with E-state index in [1.807, 2.05) is 19.9 Å². The molecular formula is C23H30BrFO2. The number of allylic oxidation sites excluding steroid dienone is 4. The molecule has 0 N–H and O–H groups in total. The number of fused-ring (bicyclic) bond motifs is 1. The van der Waals surface area contributed by atoms with E-state index in [2.05, 4.69) is 49.7 Å². The minimum Gasteiger partial charge on any atom is -0.492 e. The molecule has 1 unspecified atom stereocenters. The Labute approximate surface area is 171 Å². The van der Waals surface area contributed by atoms with Gasteiger partial charge in [-0.1, -0.05) is 40.7 Å². The Hall–Kier alpha value is -1.42. The first-order valence-corrected chi connectivity index (χ1v) is 10.6. The van der Waals surface area contributed by atoms with Crippen LogP contribution in [0.2, 0.25) is 0 Å². The van der Waals surface area contributed by atoms with E-state index in [4.69, 9.17) is 4.74 Å². The molecule has 0 bridgehead atoms. The maximum absolute atomic E-state index is 14.4. The van der Waals surface area contributed by atoms with Gasteiger partial charge in [0, 0.05) is 11.1 Å². The van der Waals surface area contributed by atoms with Gasteiger partial charge in [-0.15, -0.1) is 0 Å². The minimum atomic E-state index is -0.727. The van der Waals surface area contributed by atoms with E-state index in [-0.39, 0.29) is 11.7 Å². The zero-order valence-corrected chi connectivity index (χ0v) is 18.8. The molecule has 1 aromatic carbocycles. The summed E-state index contributed by atoms with van der Waals surface area (Å²) in [6.45, 7) is 13.1. The second-order valence-electron chi connectivity index (χ2n) is 7.78. The molecule has 0 spiro atoms. The molecule has 0 radical (unpaired) electrons. The highest BCUT2D eigenvalue weighted by atomic mass is 79.9. The van der Waals surface area contributed by atoms with Crippen LogP contribution in [0.1, 0.15) is 77.5 Å². The molecule has 1 aliphatic rings. The van der Waals surface area contributed by atoms with E-state index in [0.29, 0.717) is 35.8 Å². The number of ether oxygens (including phenoxy) is 1. The first kappa shape index (κ1) is 21.9. The van der Waals surface area contributed by atoms with E-state index >= 15 is 0 Å². The smallest absolute Gasteiger partial charge is 0.178 e. The van der Waals surface area contributed by atoms with E-state index in [1.165, 1.54) is 11.1 Å². The van der Waals surface area contributed by atoms with Gasteiger partial charge in [-0.25, -0.2) is 4.39 Å². The average Bonchev–Trinajstić information content (AvgIpc) is 2.63. The summed E-state index contributed by atoms with van der Waals surface area (Å²) in [6, 6.07) is 2.03. The van der Waals surface area contributed by atoms with Crippen LogP contribution in [-0.4, -0.2) is 12.9 Å². The Balaban J connectivity index is 2.91. The predicted octanol–water partition coefficient (Wildman–Crippen LogP) is 7.25. The topological polar surface area (TPSA) is 26.3 Å². The SMILES string of the molecule is CCOc1c(/C(CC)=C(/F)C=O)cc2c(c1Br)C(C)(C)CC=C2C(C)CC. The number of carbonyl (C=O) groups excluding carboxylic acids is 1. The van der Waals surface area contributed by atoms with Gasteiger partial charge in [-0.2, -0.15) is 0 Å². The highest BCUT2D eigenvalue weighted by Gasteiger charge is 2.34. The highest BCUT2D eigenvalue weighted by molar-refractivity contribution is 9.10. The average molecular weight is 437 g/mol. The van der Waals surface area contributed by atoms with Crippen LogP contribution in [0.4, 0.5) is 4.39 Å². The molecule has 0 saturated heterocycles. The van der Waals surface area contributed by atoms with Gasteiger partial charge in [-0.3, -0.25) is 4.79 Å². The molecule has 27 heavy (non-hydrogen) atoms. The quantitative estimate of drug-likeness (QED) is 0.332. The van der Waals surface area contributed by atoms with Crippen molar-refractivity contribution in [2.75, 3.05) is 6.61 Å². The lowest BCUT2D eigenvalue weighted by molar-refractivity contribution is -0.106. The minimum absolute atomic E-state index is 0.0607. The molecular weight excluding hydrogens is 407 g/mol. The molecule has 4 heteroatoms. The van der Waals surface area contributed by atoms with Crippen LogP contribution in [0.3, 0.4) is 0 Å². The number of hydrogen-bond acceptors (Lipinski definition) is 2. The largest absolute Gasteiger partial charge is 0.492 e. The zero-order chi connectivity index (χ0) is 20.4. The second kappa shape index (κ2) is 8.72. The third-order valence-corrected chi connectivity index (χ3v) is 6.30. The molecule has 0 heterocycles. The lowest BCUT2D eigenvalue weighted by Crippen LogP contribution is -2.24. The molecule has 0 aromatic heterocycles. The van der Waals surface area contributed by atoms with E-state index in [9.17, 15) is 9.18 Å². The van der Waals surface area contributed by atoms with Crippen molar-refractivity contribution in [3.05, 3.63) is 39.1 Å². The number of aldehydes is 1. The molecule has 0 amide bonds. The van der Waals surface area contributed by atoms with Crippen molar-refractivity contribution in [3.63, 3.8) is 0 Å². The van der Waals surface area contributed by atoms with Crippen LogP contribution in [0, 0.1) is 5.92 Å². The van der Waals surface area contributed by atoms with Gasteiger partial charge in [0.05, 0.1) is 11.1 Å². The Kier molecular flexibility index (Phi) is 7.07. The van der Waals surface area contributed by atoms with Gasteiger partial charge in [0.25, 0.3) is 0 Å². The summed E-state index contributed by atoms with van der Waals surface area (Å²) >= 11 is 3.78. The summed E-state index contributed by atoms with van der Waals surface area (Å²) in [7, 11) is 0. The third kappa shape index (κ3) is 4.06. The fourth-order valence-electron chi connectivity index (χ4n) is 3.85. The van der Waals surface area contributed by atoms with E-state index in [0.717, 1.165) is 22.9 Å². The van der Waals surface area contributed by atoms with Gasteiger partial charge < -0.3 is 4.74 Å². The number of hydrogen-bond donors (Lipinski definition) is 0. The zero-order valence-electron chi connectivity index (χ0n) is 17.2. The van der Waals surface area contributed by atoms with E-state index < -0.39 is 5.83 Å². The molecule has 2 rings (SSSR count). The van der Waals surface area contributed by atoms with Crippen LogP contribution < -0.4 is 4.74 Å². The van der Waals surface area contributed by atoms with Crippen molar-refractivity contribution >= 4 is 33.4 Å². The molecule has 1 aromatic rings. The highest BCUT2D eigenvalue weighted by Crippen LogP contribution is 2.51. The summed E-state index contributed by atoms with van der Waals surface area (Å²) in [6.07, 6.45) is 5.00. The van der Waals surface area contributed by atoms with Gasteiger partial charge in [-0.05, 0) is 76.2 Å². The first-order chi connectivity index (χ1) is 12.7. The predicted molar refractivity (Wildman–Crippen MR) is 115 cm³/mol. The maximum atomic E-state index is 14.4. The summed E-state index contributed by atoms with van der Waals surface area (Å²) < 4.78 is 21.2. The molecule has 2 nitrogen and oxygen atoms in total. The third-order valence-electron chi connectivity index (χ3n) is 5.54. The Morgan fingerprint density at radius 3 is 2.56 bits per heavy atom. The van der Waals surface area contributed by atoms with Crippen molar-refractivity contribution in [2.24, 2.45) is 5.92 Å². The van der Waals surface area contributed by atoms with Gasteiger partial charge in [0.2, 0.25) is 0 Å². The fraction of sp³-hybridized carbons (Fsp3) is 0.522. The standard InChI is InChI=1S/C23H30BrFO2/c1-7-14(4)16-10-11-23(5,6)20-17(16)12-18(15(8-2)19(25)13-26)22(21(20)24)27-9-3/h10,12-14H,7-9,11H2,1-6H3/b19-15+. The Morgan fingerprint density at radius 1 is 1.37 bits per heavy atom. The second-order valence-corrected chi connectivity index (χ2v) is 8.57. The molecule has 1 atom stereocenters. The van der Waals surface area contributed by atoms with Crippen LogP contribution in [0.5, 0.6) is 5.75 Å². The van der Waals surface area contributed by atoms with Gasteiger partial charge in [0.15, 0.2) is 12.1 Å². The molecule has 0 aliphatic heterocycles. The Bertz CT molecular complexity index is 790. The van der Waals surface area contributed by atoms with Crippen molar-refractivity contribution in [1.82, 2.24) is 0 Å². The van der Waals surface area contributed by atoms with Crippen molar-refractivity contribution in [2.45, 2.75) is 66.2 Å². The maximum Gasteiger partial charge on any atom is 0.178 e. The van der Waals surface area contributed by atoms with Crippen LogP contribution in [-0.2, 0) is 10.2 Å². The van der Waals surface area contributed by atoms with Crippen LogP contribution in [0.25, 0.3) is 11.1 Å². The van der Waals surface area contributed by atoms with Crippen molar-refractivity contribution in [1.29, 1.82) is 0 Å². The Morgan fingerprint density at radius 2 is 2.04 bits per heavy atom. The summed E-state index contributed by atoms with van der Waals surface area (Å²) in [5, 5.41) is 0. The summed E-state index contributed by atoms with van der Waals surface area (Å²) in [5.41, 5.74) is 4.63. The number of benzene rings is 1. The number of rotatable bonds is 7. The number of halogens is 2. The van der Waals surface area contributed by atoms with Gasteiger partial charge >= 0.3 is 0 Å². The van der Waals surface area contributed by atoms with Crippen molar-refractivity contribution < 1.29 is 13.9 Å². The first-order valence-electron chi connectivity index (χ1n) is 9.77. The fourth-order valence-corrected chi connectivity index (χ4v) is 4.93. The van der Waals surface area contributed by atoms with Crippen LogP contribution >= 0.6 is 15.9 Å². The summed E-state index contributed by atoms with van der Waals surface area (Å²) in [4.78, 5) is 11.1. The number of carbonyl (C=O) groups is 1. The molecule has 0 fully saturated rings. The lowest BCUT2D eigenvalue weighted by Gasteiger charge is -2.36.